The number of nitrogens with zero attached hydrogens (tertiary/aromatic N) is 4. The van der Waals surface area contributed by atoms with Crippen LogP contribution in [0.25, 0.3) is 10.9 Å². The highest BCUT2D eigenvalue weighted by Crippen LogP contribution is 2.34. The first-order valence-electron chi connectivity index (χ1n) is 12.0. The smallest absolute Gasteiger partial charge is 0.282 e. The molecule has 0 aliphatic heterocycles. The van der Waals surface area contributed by atoms with Crippen LogP contribution in [0.2, 0.25) is 0 Å². The summed E-state index contributed by atoms with van der Waals surface area (Å²) in [5.74, 6) is 1.10. The van der Waals surface area contributed by atoms with Crippen LogP contribution < -0.4 is 5.56 Å². The third-order valence-corrected chi connectivity index (χ3v) is 7.82. The quantitative estimate of drug-likeness (QED) is 0.382. The van der Waals surface area contributed by atoms with E-state index in [1.807, 2.05) is 24.4 Å². The minimum Gasteiger partial charge on any atom is -0.345 e. The van der Waals surface area contributed by atoms with Gasteiger partial charge in [0.1, 0.15) is 5.82 Å². The third kappa shape index (κ3) is 3.98. The van der Waals surface area contributed by atoms with Crippen LogP contribution in [0, 0.1) is 13.8 Å². The molecule has 32 heavy (non-hydrogen) atoms. The number of aromatic nitrogens is 3. The van der Waals surface area contributed by atoms with Crippen molar-refractivity contribution < 1.29 is 0 Å². The van der Waals surface area contributed by atoms with Gasteiger partial charge in [-0.05, 0) is 63.8 Å². The van der Waals surface area contributed by atoms with Crippen LogP contribution in [0.3, 0.4) is 0 Å². The predicted molar refractivity (Wildman–Crippen MR) is 134 cm³/mol. The van der Waals surface area contributed by atoms with Crippen LogP contribution >= 0.6 is 15.9 Å². The summed E-state index contributed by atoms with van der Waals surface area (Å²) in [5, 5.41) is 5.37. The Bertz CT molecular complexity index is 1230. The summed E-state index contributed by atoms with van der Waals surface area (Å²) in [4.78, 5) is 18.5. The molecule has 2 saturated carbocycles. The highest BCUT2D eigenvalue weighted by molar-refractivity contribution is 9.10. The molecule has 0 atom stereocenters. The van der Waals surface area contributed by atoms with Crippen molar-refractivity contribution in [2.24, 2.45) is 5.10 Å². The van der Waals surface area contributed by atoms with Gasteiger partial charge in [-0.3, -0.25) is 4.79 Å². The first-order chi connectivity index (χ1) is 15.5. The van der Waals surface area contributed by atoms with E-state index in [0.29, 0.717) is 11.4 Å². The second-order valence-corrected chi connectivity index (χ2v) is 10.4. The monoisotopic (exact) mass is 494 g/mol. The first kappa shape index (κ1) is 21.6. The van der Waals surface area contributed by atoms with Gasteiger partial charge >= 0.3 is 0 Å². The molecule has 6 heteroatoms. The Balaban J connectivity index is 1.60. The summed E-state index contributed by atoms with van der Waals surface area (Å²) >= 11 is 3.50. The molecule has 2 aromatic heterocycles. The summed E-state index contributed by atoms with van der Waals surface area (Å²) in [5.41, 5.74) is 4.27. The fourth-order valence-corrected chi connectivity index (χ4v) is 6.04. The Morgan fingerprint density at radius 1 is 1.03 bits per heavy atom. The van der Waals surface area contributed by atoms with Gasteiger partial charge in [0.15, 0.2) is 0 Å². The van der Waals surface area contributed by atoms with Crippen molar-refractivity contribution in [1.82, 2.24) is 14.2 Å². The number of benzene rings is 1. The van der Waals surface area contributed by atoms with Crippen LogP contribution in [0.15, 0.2) is 38.6 Å². The van der Waals surface area contributed by atoms with Crippen molar-refractivity contribution in [1.29, 1.82) is 0 Å². The maximum absolute atomic E-state index is 13.5. The minimum absolute atomic E-state index is 0.0854. The number of halogens is 1. The molecule has 0 unspecified atom stereocenters. The zero-order chi connectivity index (χ0) is 22.2. The maximum atomic E-state index is 13.5. The van der Waals surface area contributed by atoms with Crippen LogP contribution in [0.5, 0.6) is 0 Å². The van der Waals surface area contributed by atoms with Crippen LogP contribution in [-0.2, 0) is 0 Å². The molecule has 168 valence electrons. The topological polar surface area (TPSA) is 52.2 Å². The average Bonchev–Trinajstić information content (AvgIpc) is 3.41. The molecule has 0 amide bonds. The van der Waals surface area contributed by atoms with Crippen LogP contribution in [0.1, 0.15) is 92.5 Å². The molecule has 5 rings (SSSR count). The van der Waals surface area contributed by atoms with E-state index in [1.54, 1.807) is 4.68 Å². The molecule has 0 saturated heterocycles. The molecule has 0 bridgehead atoms. The van der Waals surface area contributed by atoms with Crippen molar-refractivity contribution in [3.8, 4) is 0 Å². The van der Waals surface area contributed by atoms with E-state index < -0.39 is 0 Å². The number of hydrogen-bond acceptors (Lipinski definition) is 3. The summed E-state index contributed by atoms with van der Waals surface area (Å²) in [7, 11) is 0. The second-order valence-electron chi connectivity index (χ2n) is 9.46. The molecule has 1 aromatic carbocycles. The number of fused-ring (bicyclic) bond motifs is 1. The van der Waals surface area contributed by atoms with Crippen LogP contribution in [0.4, 0.5) is 0 Å². The van der Waals surface area contributed by atoms with Crippen molar-refractivity contribution in [3.63, 3.8) is 0 Å². The fraction of sp³-hybridized carbons (Fsp3) is 0.500. The van der Waals surface area contributed by atoms with E-state index in [0.717, 1.165) is 34.2 Å². The lowest BCUT2D eigenvalue weighted by Gasteiger charge is -2.22. The van der Waals surface area contributed by atoms with Crippen molar-refractivity contribution in [2.75, 3.05) is 0 Å². The lowest BCUT2D eigenvalue weighted by molar-refractivity contribution is 0.416. The lowest BCUT2D eigenvalue weighted by atomic mass is 9.88. The van der Waals surface area contributed by atoms with Gasteiger partial charge < -0.3 is 4.57 Å². The molecule has 2 aliphatic rings. The Morgan fingerprint density at radius 2 is 1.75 bits per heavy atom. The largest absolute Gasteiger partial charge is 0.345 e. The molecule has 2 aliphatic carbocycles. The summed E-state index contributed by atoms with van der Waals surface area (Å²) in [6.07, 6.45) is 12.8. The number of rotatable bonds is 4. The molecule has 0 spiro atoms. The SMILES string of the molecule is Cc1cc(C=Nn2c(C3CCCCC3)nc3ccc(Br)cc3c2=O)c(C)n1C1CCCC1. The van der Waals surface area contributed by atoms with E-state index in [-0.39, 0.29) is 11.5 Å². The van der Waals surface area contributed by atoms with E-state index in [4.69, 9.17) is 10.1 Å². The number of aryl methyl sites for hydroxylation is 1. The van der Waals surface area contributed by atoms with Crippen LogP contribution in [-0.4, -0.2) is 20.4 Å². The fourth-order valence-electron chi connectivity index (χ4n) is 5.68. The molecule has 2 heterocycles. The van der Waals surface area contributed by atoms with Crippen molar-refractivity contribution >= 4 is 33.0 Å². The van der Waals surface area contributed by atoms with E-state index in [2.05, 4.69) is 40.4 Å². The normalized spacial score (nSPS) is 18.3. The standard InChI is InChI=1S/C26H31BrN4O/c1-17-14-20(18(2)30(17)22-10-6-7-11-22)16-28-31-25(19-8-4-3-5-9-19)29-24-13-12-21(27)15-23(24)26(31)32/h12-16,19,22H,3-11H2,1-2H3. The highest BCUT2D eigenvalue weighted by atomic mass is 79.9. The molecular weight excluding hydrogens is 464 g/mol. The average molecular weight is 495 g/mol. The summed E-state index contributed by atoms with van der Waals surface area (Å²) in [6, 6.07) is 8.53. The van der Waals surface area contributed by atoms with E-state index in [1.165, 1.54) is 56.3 Å². The Morgan fingerprint density at radius 3 is 2.50 bits per heavy atom. The summed E-state index contributed by atoms with van der Waals surface area (Å²) < 4.78 is 4.92. The van der Waals surface area contributed by atoms with E-state index in [9.17, 15) is 4.79 Å². The van der Waals surface area contributed by atoms with Crippen molar-refractivity contribution in [3.05, 3.63) is 61.9 Å². The lowest BCUT2D eigenvalue weighted by Crippen LogP contribution is -2.25. The molecule has 0 N–H and O–H groups in total. The summed E-state index contributed by atoms with van der Waals surface area (Å²) in [6.45, 7) is 4.35. The third-order valence-electron chi connectivity index (χ3n) is 7.33. The Hall–Kier alpha value is -2.21. The Labute approximate surface area is 197 Å². The molecular formula is C26H31BrN4O. The Kier molecular flexibility index (Phi) is 6.06. The highest BCUT2D eigenvalue weighted by Gasteiger charge is 2.23. The predicted octanol–water partition coefficient (Wildman–Crippen LogP) is 6.62. The maximum Gasteiger partial charge on any atom is 0.282 e. The van der Waals surface area contributed by atoms with Crippen molar-refractivity contribution in [2.45, 2.75) is 83.6 Å². The first-order valence-corrected chi connectivity index (χ1v) is 12.8. The molecule has 2 fully saturated rings. The molecule has 5 nitrogen and oxygen atoms in total. The minimum atomic E-state index is -0.0854. The van der Waals surface area contributed by atoms with Gasteiger partial charge in [0.2, 0.25) is 0 Å². The van der Waals surface area contributed by atoms with Gasteiger partial charge in [-0.15, -0.1) is 0 Å². The number of hydrogen-bond donors (Lipinski definition) is 0. The molecule has 3 aromatic rings. The van der Waals surface area contributed by atoms with Gasteiger partial charge in [-0.1, -0.05) is 48.0 Å². The molecule has 0 radical (unpaired) electrons. The van der Waals surface area contributed by atoms with Gasteiger partial charge in [-0.25, -0.2) is 4.98 Å². The zero-order valence-electron chi connectivity index (χ0n) is 19.0. The van der Waals surface area contributed by atoms with Gasteiger partial charge in [-0.2, -0.15) is 9.78 Å². The van der Waals surface area contributed by atoms with Gasteiger partial charge in [0.05, 0.1) is 17.1 Å². The zero-order valence-corrected chi connectivity index (χ0v) is 20.6. The van der Waals surface area contributed by atoms with Gasteiger partial charge in [0.25, 0.3) is 5.56 Å². The second kappa shape index (κ2) is 8.97. The van der Waals surface area contributed by atoms with E-state index >= 15 is 0 Å². The van der Waals surface area contributed by atoms with Gasteiger partial charge in [0, 0.05) is 33.4 Å².